The molecule has 0 saturated carbocycles. The highest BCUT2D eigenvalue weighted by Gasteiger charge is 2.19. The smallest absolute Gasteiger partial charge is 0.206 e. The second kappa shape index (κ2) is 6.07. The number of methoxy groups -OCH3 is 1. The lowest BCUT2D eigenvalue weighted by Gasteiger charge is -2.06. The number of hydrogen-bond donors (Lipinski definition) is 3. The fourth-order valence-electron chi connectivity index (χ4n) is 2.19. The minimum atomic E-state index is -0.0545. The maximum absolute atomic E-state index is 10.1. The number of ether oxygens (including phenoxy) is 1. The molecule has 0 aliphatic heterocycles. The van der Waals surface area contributed by atoms with Crippen LogP contribution in [0.4, 0.5) is 0 Å². The standard InChI is InChI=1S/C17H15NO3S/c1-21-12-9-7-11(8-10-12)14-15(17(20)18-16(14)19)22-13-5-3-2-4-6-13/h2-10,18-20H,1H3. The van der Waals surface area contributed by atoms with Crippen molar-refractivity contribution in [1.29, 1.82) is 0 Å². The van der Waals surface area contributed by atoms with Crippen LogP contribution in [0.15, 0.2) is 64.4 Å². The first-order chi connectivity index (χ1) is 10.7. The quantitative estimate of drug-likeness (QED) is 0.673. The van der Waals surface area contributed by atoms with Crippen molar-refractivity contribution in [2.45, 2.75) is 9.79 Å². The van der Waals surface area contributed by atoms with E-state index in [0.29, 0.717) is 10.5 Å². The summed E-state index contributed by atoms with van der Waals surface area (Å²) >= 11 is 1.39. The van der Waals surface area contributed by atoms with Crippen molar-refractivity contribution < 1.29 is 14.9 Å². The SMILES string of the molecule is COc1ccc(-c2c(O)[nH]c(O)c2Sc2ccccc2)cc1. The van der Waals surface area contributed by atoms with Gasteiger partial charge in [-0.2, -0.15) is 0 Å². The van der Waals surface area contributed by atoms with Crippen LogP contribution < -0.4 is 4.74 Å². The highest BCUT2D eigenvalue weighted by atomic mass is 32.2. The third-order valence-electron chi connectivity index (χ3n) is 3.26. The van der Waals surface area contributed by atoms with Gasteiger partial charge in [0, 0.05) is 4.90 Å². The van der Waals surface area contributed by atoms with Gasteiger partial charge in [0.15, 0.2) is 0 Å². The van der Waals surface area contributed by atoms with E-state index in [1.807, 2.05) is 54.6 Å². The van der Waals surface area contributed by atoms with Gasteiger partial charge in [0.25, 0.3) is 0 Å². The van der Waals surface area contributed by atoms with Gasteiger partial charge >= 0.3 is 0 Å². The van der Waals surface area contributed by atoms with Gasteiger partial charge in [-0.1, -0.05) is 42.1 Å². The van der Waals surface area contributed by atoms with E-state index in [1.165, 1.54) is 11.8 Å². The Morgan fingerprint density at radius 2 is 1.59 bits per heavy atom. The molecule has 3 aromatic rings. The molecule has 3 N–H and O–H groups in total. The maximum Gasteiger partial charge on any atom is 0.206 e. The molecule has 22 heavy (non-hydrogen) atoms. The number of aromatic amines is 1. The molecule has 0 fully saturated rings. The molecule has 1 aromatic heterocycles. The highest BCUT2D eigenvalue weighted by molar-refractivity contribution is 7.99. The zero-order valence-electron chi connectivity index (χ0n) is 11.9. The summed E-state index contributed by atoms with van der Waals surface area (Å²) < 4.78 is 5.14. The third-order valence-corrected chi connectivity index (χ3v) is 4.37. The van der Waals surface area contributed by atoms with Crippen LogP contribution in [0.2, 0.25) is 0 Å². The molecule has 3 rings (SSSR count). The van der Waals surface area contributed by atoms with E-state index in [-0.39, 0.29) is 11.8 Å². The minimum absolute atomic E-state index is 0.0443. The molecule has 2 aromatic carbocycles. The maximum atomic E-state index is 10.1. The Hall–Kier alpha value is -2.53. The first-order valence-electron chi connectivity index (χ1n) is 6.70. The Bertz CT molecular complexity index is 767. The third kappa shape index (κ3) is 2.76. The van der Waals surface area contributed by atoms with Crippen molar-refractivity contribution in [3.05, 3.63) is 54.6 Å². The van der Waals surface area contributed by atoms with Crippen molar-refractivity contribution in [2.24, 2.45) is 0 Å². The van der Waals surface area contributed by atoms with Crippen LogP contribution in [-0.2, 0) is 0 Å². The monoisotopic (exact) mass is 313 g/mol. The first-order valence-corrected chi connectivity index (χ1v) is 7.52. The number of benzene rings is 2. The van der Waals surface area contributed by atoms with Gasteiger partial charge in [-0.15, -0.1) is 0 Å². The highest BCUT2D eigenvalue weighted by Crippen LogP contribution is 2.46. The average molecular weight is 313 g/mol. The van der Waals surface area contributed by atoms with E-state index in [0.717, 1.165) is 16.2 Å². The molecule has 0 amide bonds. The number of aromatic hydroxyl groups is 2. The molecule has 4 nitrogen and oxygen atoms in total. The summed E-state index contributed by atoms with van der Waals surface area (Å²) in [5.41, 5.74) is 1.38. The van der Waals surface area contributed by atoms with Gasteiger partial charge in [-0.3, -0.25) is 4.98 Å². The molecule has 0 unspecified atom stereocenters. The van der Waals surface area contributed by atoms with Gasteiger partial charge in [-0.25, -0.2) is 0 Å². The summed E-state index contributed by atoms with van der Waals surface area (Å²) in [7, 11) is 1.60. The molecule has 1 heterocycles. The van der Waals surface area contributed by atoms with Crippen LogP contribution in [0.3, 0.4) is 0 Å². The van der Waals surface area contributed by atoms with Crippen LogP contribution in [0, 0.1) is 0 Å². The second-order valence-corrected chi connectivity index (χ2v) is 5.75. The van der Waals surface area contributed by atoms with Crippen molar-refractivity contribution >= 4 is 11.8 Å². The predicted molar refractivity (Wildman–Crippen MR) is 86.7 cm³/mol. The second-order valence-electron chi connectivity index (χ2n) is 4.67. The van der Waals surface area contributed by atoms with E-state index < -0.39 is 0 Å². The zero-order valence-corrected chi connectivity index (χ0v) is 12.7. The van der Waals surface area contributed by atoms with E-state index in [1.54, 1.807) is 7.11 Å². The Labute approximate surface area is 132 Å². The summed E-state index contributed by atoms with van der Waals surface area (Å²) in [6.07, 6.45) is 0. The van der Waals surface area contributed by atoms with E-state index in [2.05, 4.69) is 4.98 Å². The lowest BCUT2D eigenvalue weighted by molar-refractivity contribution is 0.414. The summed E-state index contributed by atoms with van der Waals surface area (Å²) in [5, 5.41) is 20.2. The molecule has 112 valence electrons. The summed E-state index contributed by atoms with van der Waals surface area (Å²) in [6.45, 7) is 0. The number of H-pyrrole nitrogens is 1. The largest absolute Gasteiger partial charge is 0.497 e. The van der Waals surface area contributed by atoms with Crippen molar-refractivity contribution in [2.75, 3.05) is 7.11 Å². The first kappa shape index (κ1) is 14.4. The van der Waals surface area contributed by atoms with Crippen molar-refractivity contribution in [3.63, 3.8) is 0 Å². The fraction of sp³-hybridized carbons (Fsp3) is 0.0588. The van der Waals surface area contributed by atoms with Gasteiger partial charge in [0.1, 0.15) is 5.75 Å². The van der Waals surface area contributed by atoms with Crippen molar-refractivity contribution in [1.82, 2.24) is 4.98 Å². The number of nitrogens with one attached hydrogen (secondary N) is 1. The predicted octanol–water partition coefficient (Wildman–Crippen LogP) is 4.25. The molecule has 5 heteroatoms. The average Bonchev–Trinajstić information content (AvgIpc) is 2.82. The Morgan fingerprint density at radius 1 is 0.909 bits per heavy atom. The normalized spacial score (nSPS) is 10.6. The van der Waals surface area contributed by atoms with E-state index in [4.69, 9.17) is 4.74 Å². The van der Waals surface area contributed by atoms with Crippen LogP contribution in [0.25, 0.3) is 11.1 Å². The lowest BCUT2D eigenvalue weighted by Crippen LogP contribution is -1.83. The van der Waals surface area contributed by atoms with Crippen LogP contribution in [-0.4, -0.2) is 22.3 Å². The summed E-state index contributed by atoms with van der Waals surface area (Å²) in [5.74, 6) is 0.638. The molecule has 0 bridgehead atoms. The molecule has 0 saturated heterocycles. The zero-order chi connectivity index (χ0) is 15.5. The van der Waals surface area contributed by atoms with Gasteiger partial charge in [-0.05, 0) is 29.8 Å². The molecule has 0 aliphatic carbocycles. The molecule has 0 spiro atoms. The van der Waals surface area contributed by atoms with E-state index >= 15 is 0 Å². The molecule has 0 radical (unpaired) electrons. The molecular weight excluding hydrogens is 298 g/mol. The topological polar surface area (TPSA) is 65.5 Å². The molecule has 0 atom stereocenters. The van der Waals surface area contributed by atoms with Crippen LogP contribution in [0.5, 0.6) is 17.5 Å². The van der Waals surface area contributed by atoms with Crippen LogP contribution in [0.1, 0.15) is 0 Å². The lowest BCUT2D eigenvalue weighted by atomic mass is 10.1. The molecule has 0 aliphatic rings. The summed E-state index contributed by atoms with van der Waals surface area (Å²) in [4.78, 5) is 4.15. The molecular formula is C17H15NO3S. The number of aromatic nitrogens is 1. The van der Waals surface area contributed by atoms with Gasteiger partial charge < -0.3 is 14.9 Å². The number of rotatable bonds is 4. The Kier molecular flexibility index (Phi) is 3.98. The van der Waals surface area contributed by atoms with Gasteiger partial charge in [0.05, 0.1) is 17.6 Å². The van der Waals surface area contributed by atoms with Gasteiger partial charge in [0.2, 0.25) is 11.8 Å². The van der Waals surface area contributed by atoms with Crippen LogP contribution >= 0.6 is 11.8 Å². The number of hydrogen-bond acceptors (Lipinski definition) is 4. The van der Waals surface area contributed by atoms with E-state index in [9.17, 15) is 10.2 Å². The Balaban J connectivity index is 2.03. The minimum Gasteiger partial charge on any atom is -0.497 e. The Morgan fingerprint density at radius 3 is 2.23 bits per heavy atom. The van der Waals surface area contributed by atoms with Crippen molar-refractivity contribution in [3.8, 4) is 28.6 Å². The summed E-state index contributed by atoms with van der Waals surface area (Å²) in [6, 6.07) is 17.0. The fourth-order valence-corrected chi connectivity index (χ4v) is 3.18.